The van der Waals surface area contributed by atoms with Crippen molar-refractivity contribution in [3.05, 3.63) is 42.5 Å². The van der Waals surface area contributed by atoms with E-state index >= 15 is 0 Å². The lowest BCUT2D eigenvalue weighted by molar-refractivity contribution is -0.159. The second-order valence-electron chi connectivity index (χ2n) is 5.56. The van der Waals surface area contributed by atoms with Gasteiger partial charge < -0.3 is 9.26 Å². The number of hydrogen-bond donors (Lipinski definition) is 1. The van der Waals surface area contributed by atoms with Gasteiger partial charge in [-0.3, -0.25) is 14.2 Å². The highest BCUT2D eigenvalue weighted by atomic mass is 32.2. The second-order valence-corrected chi connectivity index (χ2v) is 7.24. The lowest BCUT2D eigenvalue weighted by Crippen LogP contribution is -2.13. The van der Waals surface area contributed by atoms with Crippen molar-refractivity contribution in [3.63, 3.8) is 0 Å². The molecular formula is C15H12F3N5O5S. The van der Waals surface area contributed by atoms with Gasteiger partial charge in [0.25, 0.3) is 10.0 Å². The number of carbonyl (C=O) groups excluding carboxylic acids is 1. The van der Waals surface area contributed by atoms with Crippen molar-refractivity contribution in [2.24, 2.45) is 0 Å². The van der Waals surface area contributed by atoms with Crippen molar-refractivity contribution in [2.75, 3.05) is 11.8 Å². The normalized spacial score (nSPS) is 12.0. The molecule has 0 aliphatic carbocycles. The summed E-state index contributed by atoms with van der Waals surface area (Å²) in [5.41, 5.74) is 0.146. The summed E-state index contributed by atoms with van der Waals surface area (Å²) in [6.45, 7) is -0.277. The van der Waals surface area contributed by atoms with Crippen molar-refractivity contribution in [2.45, 2.75) is 17.6 Å². The summed E-state index contributed by atoms with van der Waals surface area (Å²) in [6, 6.07) is 5.40. The minimum atomic E-state index is -4.80. The summed E-state index contributed by atoms with van der Waals surface area (Å²) >= 11 is 0. The van der Waals surface area contributed by atoms with Gasteiger partial charge in [-0.15, -0.1) is 0 Å². The number of benzene rings is 1. The molecule has 1 aromatic carbocycles. The van der Waals surface area contributed by atoms with Gasteiger partial charge in [0.2, 0.25) is 5.82 Å². The van der Waals surface area contributed by atoms with Crippen LogP contribution >= 0.6 is 0 Å². The summed E-state index contributed by atoms with van der Waals surface area (Å²) in [4.78, 5) is 14.2. The van der Waals surface area contributed by atoms with Crippen molar-refractivity contribution in [1.29, 1.82) is 0 Å². The lowest BCUT2D eigenvalue weighted by Gasteiger charge is -2.07. The van der Waals surface area contributed by atoms with Crippen LogP contribution in [0.25, 0.3) is 11.4 Å². The largest absolute Gasteiger partial charge is 0.471 e. The Hall–Kier alpha value is -3.42. The van der Waals surface area contributed by atoms with Crippen LogP contribution in [0.2, 0.25) is 0 Å². The number of nitrogens with zero attached hydrogens (tertiary/aromatic N) is 4. The molecule has 0 spiro atoms. The Morgan fingerprint density at radius 3 is 2.76 bits per heavy atom. The third kappa shape index (κ3) is 4.71. The monoisotopic (exact) mass is 431 g/mol. The molecule has 154 valence electrons. The van der Waals surface area contributed by atoms with Crippen LogP contribution in [0, 0.1) is 0 Å². The quantitative estimate of drug-likeness (QED) is 0.586. The number of aromatic nitrogens is 4. The van der Waals surface area contributed by atoms with E-state index in [1.165, 1.54) is 31.4 Å². The van der Waals surface area contributed by atoms with Crippen LogP contribution < -0.4 is 4.72 Å². The minimum Gasteiger partial charge on any atom is -0.468 e. The maximum absolute atomic E-state index is 12.6. The summed E-state index contributed by atoms with van der Waals surface area (Å²) in [6.07, 6.45) is -2.64. The fraction of sp³-hybridized carbons (Fsp3) is 0.200. The zero-order valence-electron chi connectivity index (χ0n) is 14.5. The summed E-state index contributed by atoms with van der Waals surface area (Å²) < 4.78 is 74.7. The first kappa shape index (κ1) is 20.3. The Morgan fingerprint density at radius 1 is 1.34 bits per heavy atom. The van der Waals surface area contributed by atoms with E-state index in [9.17, 15) is 26.4 Å². The van der Waals surface area contributed by atoms with Gasteiger partial charge in [0.05, 0.1) is 13.3 Å². The van der Waals surface area contributed by atoms with Crippen molar-refractivity contribution in [1.82, 2.24) is 19.9 Å². The van der Waals surface area contributed by atoms with Crippen LogP contribution in [-0.4, -0.2) is 41.4 Å². The van der Waals surface area contributed by atoms with E-state index in [0.717, 1.165) is 17.1 Å². The predicted molar refractivity (Wildman–Crippen MR) is 89.8 cm³/mol. The molecule has 0 bridgehead atoms. The van der Waals surface area contributed by atoms with Gasteiger partial charge in [-0.1, -0.05) is 17.3 Å². The number of hydrogen-bond acceptors (Lipinski definition) is 8. The third-order valence-corrected chi connectivity index (χ3v) is 4.82. The lowest BCUT2D eigenvalue weighted by atomic mass is 10.2. The first-order chi connectivity index (χ1) is 13.6. The molecule has 0 aliphatic rings. The van der Waals surface area contributed by atoms with E-state index in [2.05, 4.69) is 29.2 Å². The molecule has 0 amide bonds. The van der Waals surface area contributed by atoms with Crippen molar-refractivity contribution < 1.29 is 35.6 Å². The Bertz CT molecular complexity index is 1140. The summed E-state index contributed by atoms with van der Waals surface area (Å²) in [5.74, 6) is -2.49. The van der Waals surface area contributed by atoms with Crippen LogP contribution in [0.1, 0.15) is 5.89 Å². The highest BCUT2D eigenvalue weighted by Crippen LogP contribution is 2.30. The molecule has 3 rings (SSSR count). The Labute approximate surface area is 161 Å². The maximum atomic E-state index is 12.6. The highest BCUT2D eigenvalue weighted by molar-refractivity contribution is 7.92. The highest BCUT2D eigenvalue weighted by Gasteiger charge is 2.38. The zero-order valence-corrected chi connectivity index (χ0v) is 15.4. The molecule has 0 atom stereocenters. The second kappa shape index (κ2) is 7.54. The SMILES string of the molecule is COC(=O)Cn1cc(S(=O)(=O)Nc2cccc(-c3noc(C(F)(F)F)n3)c2)cn1. The first-order valence-electron chi connectivity index (χ1n) is 7.72. The number of esters is 1. The van der Waals surface area contributed by atoms with Crippen LogP contribution in [-0.2, 0) is 32.3 Å². The van der Waals surface area contributed by atoms with Crippen LogP contribution in [0.15, 0.2) is 46.1 Å². The molecule has 29 heavy (non-hydrogen) atoms. The van der Waals surface area contributed by atoms with Gasteiger partial charge in [-0.2, -0.15) is 23.3 Å². The molecular weight excluding hydrogens is 419 g/mol. The van der Waals surface area contributed by atoms with Gasteiger partial charge in [0.1, 0.15) is 11.4 Å². The summed E-state index contributed by atoms with van der Waals surface area (Å²) in [7, 11) is -2.90. The fourth-order valence-electron chi connectivity index (χ4n) is 2.16. The molecule has 0 unspecified atom stereocenters. The van der Waals surface area contributed by atoms with E-state index in [4.69, 9.17) is 0 Å². The Morgan fingerprint density at radius 2 is 2.10 bits per heavy atom. The minimum absolute atomic E-state index is 0.0431. The average molecular weight is 431 g/mol. The van der Waals surface area contributed by atoms with Gasteiger partial charge in [0.15, 0.2) is 0 Å². The average Bonchev–Trinajstić information content (AvgIpc) is 3.31. The molecule has 3 aromatic rings. The molecule has 0 saturated heterocycles. The molecule has 14 heteroatoms. The van der Waals surface area contributed by atoms with E-state index in [1.807, 2.05) is 0 Å². The van der Waals surface area contributed by atoms with Gasteiger partial charge in [0, 0.05) is 17.4 Å². The van der Waals surface area contributed by atoms with Gasteiger partial charge in [-0.25, -0.2) is 8.42 Å². The number of nitrogens with one attached hydrogen (secondary N) is 1. The van der Waals surface area contributed by atoms with Crippen LogP contribution in [0.5, 0.6) is 0 Å². The van der Waals surface area contributed by atoms with E-state index in [1.54, 1.807) is 0 Å². The smallest absolute Gasteiger partial charge is 0.468 e. The molecule has 0 aliphatic heterocycles. The zero-order chi connectivity index (χ0) is 21.2. The molecule has 0 fully saturated rings. The number of anilines is 1. The number of halogens is 3. The maximum Gasteiger partial charge on any atom is 0.471 e. The van der Waals surface area contributed by atoms with E-state index < -0.39 is 28.1 Å². The number of sulfonamides is 1. The number of ether oxygens (including phenoxy) is 1. The third-order valence-electron chi connectivity index (χ3n) is 3.48. The predicted octanol–water partition coefficient (Wildman–Crippen LogP) is 1.93. The number of carbonyl (C=O) groups is 1. The number of alkyl halides is 3. The van der Waals surface area contributed by atoms with Crippen molar-refractivity contribution in [3.8, 4) is 11.4 Å². The Balaban J connectivity index is 1.81. The van der Waals surface area contributed by atoms with Crippen LogP contribution in [0.4, 0.5) is 18.9 Å². The van der Waals surface area contributed by atoms with E-state index in [-0.39, 0.29) is 28.5 Å². The molecule has 0 radical (unpaired) electrons. The topological polar surface area (TPSA) is 129 Å². The van der Waals surface area contributed by atoms with Crippen LogP contribution in [0.3, 0.4) is 0 Å². The molecule has 2 heterocycles. The molecule has 1 N–H and O–H groups in total. The van der Waals surface area contributed by atoms with Gasteiger partial charge >= 0.3 is 18.0 Å². The molecule has 2 aromatic heterocycles. The standard InChI is InChI=1S/C15H12F3N5O5S/c1-27-12(24)8-23-7-11(6-19-23)29(25,26)22-10-4-2-3-9(5-10)13-20-14(28-21-13)15(16,17)18/h2-7,22H,8H2,1H3. The molecule has 0 saturated carbocycles. The fourth-order valence-corrected chi connectivity index (χ4v) is 3.16. The molecule has 10 nitrogen and oxygen atoms in total. The first-order valence-corrected chi connectivity index (χ1v) is 9.20. The Kier molecular flexibility index (Phi) is 5.28. The van der Waals surface area contributed by atoms with E-state index in [0.29, 0.717) is 0 Å². The number of methoxy groups -OCH3 is 1. The van der Waals surface area contributed by atoms with Crippen molar-refractivity contribution >= 4 is 21.7 Å². The summed E-state index contributed by atoms with van der Waals surface area (Å²) in [5, 5.41) is 7.01. The van der Waals surface area contributed by atoms with Gasteiger partial charge in [-0.05, 0) is 12.1 Å². The number of rotatable bonds is 6.